The second kappa shape index (κ2) is 8.35. The van der Waals surface area contributed by atoms with E-state index in [1.54, 1.807) is 35.5 Å². The molecule has 3 heterocycles. The number of hydrogen-bond donors (Lipinski definition) is 1. The molecule has 4 rings (SSSR count). The molecule has 4 aromatic rings. The highest BCUT2D eigenvalue weighted by Gasteiger charge is 2.06. The highest BCUT2D eigenvalue weighted by Crippen LogP contribution is 2.23. The molecule has 144 valence electrons. The van der Waals surface area contributed by atoms with Crippen LogP contribution in [0.1, 0.15) is 11.1 Å². The minimum absolute atomic E-state index is 0.203. The largest absolute Gasteiger partial charge is 0.323 e. The van der Waals surface area contributed by atoms with Crippen LogP contribution in [-0.2, 0) is 18.4 Å². The van der Waals surface area contributed by atoms with E-state index in [9.17, 15) is 4.79 Å². The van der Waals surface area contributed by atoms with E-state index >= 15 is 0 Å². The summed E-state index contributed by atoms with van der Waals surface area (Å²) in [6.07, 6.45) is 14.1. The van der Waals surface area contributed by atoms with Crippen molar-refractivity contribution in [1.82, 2.24) is 24.5 Å². The van der Waals surface area contributed by atoms with E-state index in [-0.39, 0.29) is 5.91 Å². The lowest BCUT2D eigenvalue weighted by molar-refractivity contribution is -0.111. The summed E-state index contributed by atoms with van der Waals surface area (Å²) < 4.78 is 3.59. The van der Waals surface area contributed by atoms with Crippen LogP contribution in [0.3, 0.4) is 0 Å². The number of pyridine rings is 1. The van der Waals surface area contributed by atoms with Gasteiger partial charge in [-0.2, -0.15) is 10.2 Å². The summed E-state index contributed by atoms with van der Waals surface area (Å²) in [4.78, 5) is 16.5. The molecule has 0 aliphatic heterocycles. The molecule has 1 amide bonds. The van der Waals surface area contributed by atoms with Gasteiger partial charge in [0.1, 0.15) is 0 Å². The van der Waals surface area contributed by atoms with Crippen LogP contribution in [0.25, 0.3) is 17.2 Å². The maximum absolute atomic E-state index is 12.3. The Bertz CT molecular complexity index is 1130. The molecule has 0 aliphatic carbocycles. The predicted octanol–water partition coefficient (Wildman–Crippen LogP) is 3.38. The van der Waals surface area contributed by atoms with E-state index in [0.717, 1.165) is 27.9 Å². The first-order valence-corrected chi connectivity index (χ1v) is 9.16. The van der Waals surface area contributed by atoms with E-state index in [0.29, 0.717) is 6.54 Å². The number of aryl methyl sites for hydroxylation is 1. The summed E-state index contributed by atoms with van der Waals surface area (Å²) in [6.45, 7) is 0.694. The van der Waals surface area contributed by atoms with Crippen LogP contribution in [0.5, 0.6) is 0 Å². The number of amides is 1. The van der Waals surface area contributed by atoms with Crippen LogP contribution >= 0.6 is 0 Å². The number of carbonyl (C=O) groups is 1. The highest BCUT2D eigenvalue weighted by molar-refractivity contribution is 6.02. The molecule has 1 aromatic carbocycles. The van der Waals surface area contributed by atoms with Gasteiger partial charge in [-0.05, 0) is 41.5 Å². The second-order valence-corrected chi connectivity index (χ2v) is 6.59. The van der Waals surface area contributed by atoms with Crippen molar-refractivity contribution in [3.05, 3.63) is 90.8 Å². The standard InChI is InChI=1S/C22H20N6O/c1-27-16-19(14-25-27)21-9-11-23-13-18(21)5-8-22(29)26-20-6-3-17(4-7-20)15-28-12-2-10-24-28/h2-14,16H,15H2,1H3,(H,26,29). The lowest BCUT2D eigenvalue weighted by Crippen LogP contribution is -2.08. The fourth-order valence-electron chi connectivity index (χ4n) is 2.99. The van der Waals surface area contributed by atoms with Crippen LogP contribution in [0.2, 0.25) is 0 Å². The zero-order valence-electron chi connectivity index (χ0n) is 15.9. The summed E-state index contributed by atoms with van der Waals surface area (Å²) in [7, 11) is 1.87. The first-order valence-electron chi connectivity index (χ1n) is 9.16. The minimum atomic E-state index is -0.203. The van der Waals surface area contributed by atoms with Gasteiger partial charge in [0.2, 0.25) is 5.91 Å². The third-order valence-corrected chi connectivity index (χ3v) is 4.41. The van der Waals surface area contributed by atoms with E-state index in [1.165, 1.54) is 6.08 Å². The molecule has 7 nitrogen and oxygen atoms in total. The lowest BCUT2D eigenvalue weighted by atomic mass is 10.0. The maximum atomic E-state index is 12.3. The number of nitrogens with one attached hydrogen (secondary N) is 1. The Labute approximate surface area is 168 Å². The predicted molar refractivity (Wildman–Crippen MR) is 112 cm³/mol. The van der Waals surface area contributed by atoms with Gasteiger partial charge in [0.15, 0.2) is 0 Å². The van der Waals surface area contributed by atoms with Crippen LogP contribution in [0.15, 0.2) is 79.7 Å². The maximum Gasteiger partial charge on any atom is 0.248 e. The zero-order valence-corrected chi connectivity index (χ0v) is 15.9. The Kier molecular flexibility index (Phi) is 5.29. The molecule has 0 aliphatic rings. The van der Waals surface area contributed by atoms with Crippen molar-refractivity contribution in [3.8, 4) is 11.1 Å². The monoisotopic (exact) mass is 384 g/mol. The number of rotatable bonds is 6. The van der Waals surface area contributed by atoms with Crippen molar-refractivity contribution in [2.24, 2.45) is 7.05 Å². The Morgan fingerprint density at radius 3 is 2.69 bits per heavy atom. The summed E-state index contributed by atoms with van der Waals surface area (Å²) in [5, 5.41) is 11.3. The molecule has 0 saturated heterocycles. The molecular formula is C22H20N6O. The number of benzene rings is 1. The molecule has 29 heavy (non-hydrogen) atoms. The Hall–Kier alpha value is -4.00. The zero-order chi connectivity index (χ0) is 20.1. The fraction of sp³-hybridized carbons (Fsp3) is 0.0909. The average Bonchev–Trinajstić information content (AvgIpc) is 3.40. The molecule has 0 unspecified atom stereocenters. The van der Waals surface area contributed by atoms with E-state index in [4.69, 9.17) is 0 Å². The molecular weight excluding hydrogens is 364 g/mol. The van der Waals surface area contributed by atoms with Crippen molar-refractivity contribution in [1.29, 1.82) is 0 Å². The number of nitrogens with zero attached hydrogens (tertiary/aromatic N) is 5. The van der Waals surface area contributed by atoms with Gasteiger partial charge in [-0.3, -0.25) is 19.1 Å². The highest BCUT2D eigenvalue weighted by atomic mass is 16.1. The van der Waals surface area contributed by atoms with Crippen LogP contribution < -0.4 is 5.32 Å². The molecule has 3 aromatic heterocycles. The van der Waals surface area contributed by atoms with Gasteiger partial charge in [-0.15, -0.1) is 0 Å². The summed E-state index contributed by atoms with van der Waals surface area (Å²) in [5.41, 5.74) is 4.65. The molecule has 0 saturated carbocycles. The molecule has 0 bridgehead atoms. The second-order valence-electron chi connectivity index (χ2n) is 6.59. The first kappa shape index (κ1) is 18.4. The average molecular weight is 384 g/mol. The van der Waals surface area contributed by atoms with Crippen LogP contribution in [-0.4, -0.2) is 30.5 Å². The normalized spacial score (nSPS) is 11.1. The van der Waals surface area contributed by atoms with Gasteiger partial charge in [-0.1, -0.05) is 12.1 Å². The van der Waals surface area contributed by atoms with Gasteiger partial charge in [0.05, 0.1) is 12.7 Å². The van der Waals surface area contributed by atoms with E-state index in [1.807, 2.05) is 60.5 Å². The van der Waals surface area contributed by atoms with Crippen molar-refractivity contribution < 1.29 is 4.79 Å². The Balaban J connectivity index is 1.42. The SMILES string of the molecule is Cn1cc(-c2ccncc2C=CC(=O)Nc2ccc(Cn3cccn3)cc2)cn1. The number of carbonyl (C=O) groups excluding carboxylic acids is 1. The smallest absolute Gasteiger partial charge is 0.248 e. The third-order valence-electron chi connectivity index (χ3n) is 4.41. The fourth-order valence-corrected chi connectivity index (χ4v) is 2.99. The number of anilines is 1. The minimum Gasteiger partial charge on any atom is -0.323 e. The number of aromatic nitrogens is 5. The molecule has 0 fully saturated rings. The van der Waals surface area contributed by atoms with Gasteiger partial charge in [0, 0.05) is 60.9 Å². The third kappa shape index (κ3) is 4.65. The summed E-state index contributed by atoms with van der Waals surface area (Å²) in [6, 6.07) is 11.5. The van der Waals surface area contributed by atoms with Gasteiger partial charge in [-0.25, -0.2) is 0 Å². The van der Waals surface area contributed by atoms with Crippen molar-refractivity contribution in [2.45, 2.75) is 6.54 Å². The van der Waals surface area contributed by atoms with Crippen molar-refractivity contribution in [2.75, 3.05) is 5.32 Å². The summed E-state index contributed by atoms with van der Waals surface area (Å²) >= 11 is 0. The Morgan fingerprint density at radius 1 is 1.10 bits per heavy atom. The van der Waals surface area contributed by atoms with E-state index < -0.39 is 0 Å². The molecule has 0 atom stereocenters. The molecule has 1 N–H and O–H groups in total. The quantitative estimate of drug-likeness (QED) is 0.517. The van der Waals surface area contributed by atoms with Gasteiger partial charge < -0.3 is 5.32 Å². The van der Waals surface area contributed by atoms with Gasteiger partial charge >= 0.3 is 0 Å². The van der Waals surface area contributed by atoms with Crippen LogP contribution in [0, 0.1) is 0 Å². The lowest BCUT2D eigenvalue weighted by Gasteiger charge is -2.06. The molecule has 0 spiro atoms. The van der Waals surface area contributed by atoms with Crippen LogP contribution in [0.4, 0.5) is 5.69 Å². The van der Waals surface area contributed by atoms with Gasteiger partial charge in [0.25, 0.3) is 0 Å². The van der Waals surface area contributed by atoms with Crippen molar-refractivity contribution >= 4 is 17.7 Å². The number of hydrogen-bond acceptors (Lipinski definition) is 4. The first-order chi connectivity index (χ1) is 14.2. The summed E-state index contributed by atoms with van der Waals surface area (Å²) in [5.74, 6) is -0.203. The van der Waals surface area contributed by atoms with E-state index in [2.05, 4.69) is 20.5 Å². The Morgan fingerprint density at radius 2 is 1.97 bits per heavy atom. The topological polar surface area (TPSA) is 77.6 Å². The molecule has 0 radical (unpaired) electrons. The van der Waals surface area contributed by atoms with Crippen molar-refractivity contribution in [3.63, 3.8) is 0 Å². The molecule has 7 heteroatoms.